The molecule has 0 N–H and O–H groups in total. The molecular weight excluding hydrogens is 244 g/mol. The lowest BCUT2D eigenvalue weighted by Gasteiger charge is -2.23. The van der Waals surface area contributed by atoms with Gasteiger partial charge in [-0.1, -0.05) is 0 Å². The summed E-state index contributed by atoms with van der Waals surface area (Å²) in [5.41, 5.74) is -0.651. The van der Waals surface area contributed by atoms with Crippen molar-refractivity contribution in [1.29, 1.82) is 0 Å². The zero-order chi connectivity index (χ0) is 13.1. The molecule has 0 saturated carbocycles. The van der Waals surface area contributed by atoms with Gasteiger partial charge in [0.1, 0.15) is 11.4 Å². The van der Waals surface area contributed by atoms with E-state index >= 15 is 0 Å². The van der Waals surface area contributed by atoms with Gasteiger partial charge < -0.3 is 9.47 Å². The van der Waals surface area contributed by atoms with Crippen molar-refractivity contribution >= 4 is 15.8 Å². The molecule has 0 unspecified atom stereocenters. The molecule has 0 atom stereocenters. The van der Waals surface area contributed by atoms with E-state index in [9.17, 15) is 13.2 Å². The molecule has 5 nitrogen and oxygen atoms in total. The highest BCUT2D eigenvalue weighted by molar-refractivity contribution is 7.92. The summed E-state index contributed by atoms with van der Waals surface area (Å²) < 4.78 is 34.0. The van der Waals surface area contributed by atoms with Gasteiger partial charge >= 0.3 is 5.97 Å². The van der Waals surface area contributed by atoms with E-state index in [4.69, 9.17) is 9.47 Å². The molecule has 1 heterocycles. The van der Waals surface area contributed by atoms with Gasteiger partial charge in [0, 0.05) is 13.2 Å². The Kier molecular flexibility index (Phi) is 4.55. The summed E-state index contributed by atoms with van der Waals surface area (Å²) in [6, 6.07) is 0. The normalized spacial score (nSPS) is 19.0. The van der Waals surface area contributed by atoms with Gasteiger partial charge in [0.15, 0.2) is 9.84 Å². The van der Waals surface area contributed by atoms with Crippen molar-refractivity contribution in [3.63, 3.8) is 0 Å². The van der Waals surface area contributed by atoms with Gasteiger partial charge in [0.05, 0.1) is 5.25 Å². The first-order chi connectivity index (χ1) is 7.71. The lowest BCUT2D eigenvalue weighted by molar-refractivity contribution is -0.151. The average molecular weight is 264 g/mol. The monoisotopic (exact) mass is 264 g/mol. The maximum absolute atomic E-state index is 11.9. The van der Waals surface area contributed by atoms with Crippen molar-refractivity contribution in [2.24, 2.45) is 0 Å². The molecule has 1 aliphatic rings. The third kappa shape index (κ3) is 5.04. The van der Waals surface area contributed by atoms with E-state index in [0.717, 1.165) is 0 Å². The van der Waals surface area contributed by atoms with Crippen LogP contribution in [0.1, 0.15) is 33.6 Å². The van der Waals surface area contributed by atoms with Crippen LogP contribution in [0.4, 0.5) is 0 Å². The highest BCUT2D eigenvalue weighted by atomic mass is 32.2. The summed E-state index contributed by atoms with van der Waals surface area (Å²) in [6.07, 6.45) is 0.927. The first-order valence-corrected chi connectivity index (χ1v) is 7.43. The van der Waals surface area contributed by atoms with Crippen LogP contribution < -0.4 is 0 Å². The fraction of sp³-hybridized carbons (Fsp3) is 0.909. The Morgan fingerprint density at radius 1 is 1.29 bits per heavy atom. The first kappa shape index (κ1) is 14.4. The number of hydrogen-bond donors (Lipinski definition) is 0. The number of sulfone groups is 1. The topological polar surface area (TPSA) is 69.7 Å². The van der Waals surface area contributed by atoms with Gasteiger partial charge in [0.25, 0.3) is 0 Å². The predicted octanol–water partition coefficient (Wildman–Crippen LogP) is 0.922. The first-order valence-electron chi connectivity index (χ1n) is 5.72. The molecule has 1 aliphatic heterocycles. The Labute approximate surface area is 102 Å². The van der Waals surface area contributed by atoms with Crippen LogP contribution in [-0.2, 0) is 24.1 Å². The maximum Gasteiger partial charge on any atom is 0.321 e. The second kappa shape index (κ2) is 5.35. The Hall–Kier alpha value is -0.620. The number of carbonyl (C=O) groups excluding carboxylic acids is 1. The Morgan fingerprint density at radius 2 is 1.82 bits per heavy atom. The van der Waals surface area contributed by atoms with Gasteiger partial charge in [0.2, 0.25) is 0 Å². The minimum Gasteiger partial charge on any atom is -0.459 e. The fourth-order valence-corrected chi connectivity index (χ4v) is 3.22. The van der Waals surface area contributed by atoms with Crippen LogP contribution in [-0.4, -0.2) is 44.2 Å². The Bertz CT molecular complexity index is 360. The molecule has 0 aliphatic carbocycles. The van der Waals surface area contributed by atoms with E-state index < -0.39 is 32.4 Å². The van der Waals surface area contributed by atoms with E-state index in [2.05, 4.69) is 0 Å². The SMILES string of the molecule is CC(C)(C)OC(=O)CS(=O)(=O)C1CCOCC1. The van der Waals surface area contributed by atoms with Gasteiger partial charge in [-0.3, -0.25) is 4.79 Å². The third-order valence-electron chi connectivity index (χ3n) is 2.42. The van der Waals surface area contributed by atoms with E-state index in [1.165, 1.54) is 0 Å². The minimum absolute atomic E-state index is 0.443. The van der Waals surface area contributed by atoms with Crippen LogP contribution in [0.15, 0.2) is 0 Å². The smallest absolute Gasteiger partial charge is 0.321 e. The number of hydrogen-bond acceptors (Lipinski definition) is 5. The van der Waals surface area contributed by atoms with Crippen molar-refractivity contribution < 1.29 is 22.7 Å². The molecule has 1 rings (SSSR count). The van der Waals surface area contributed by atoms with Crippen LogP contribution >= 0.6 is 0 Å². The summed E-state index contributed by atoms with van der Waals surface area (Å²) >= 11 is 0. The second-order valence-electron chi connectivity index (χ2n) is 5.21. The van der Waals surface area contributed by atoms with Gasteiger partial charge in [-0.2, -0.15) is 0 Å². The van der Waals surface area contributed by atoms with Gasteiger partial charge in [-0.05, 0) is 33.6 Å². The Morgan fingerprint density at radius 3 is 2.29 bits per heavy atom. The number of ether oxygens (including phenoxy) is 2. The summed E-state index contributed by atoms with van der Waals surface area (Å²) in [7, 11) is -3.41. The molecule has 1 fully saturated rings. The molecule has 0 aromatic heterocycles. The van der Waals surface area contributed by atoms with Crippen LogP contribution in [0.2, 0.25) is 0 Å². The van der Waals surface area contributed by atoms with E-state index in [-0.39, 0.29) is 0 Å². The largest absolute Gasteiger partial charge is 0.459 e. The lowest BCUT2D eigenvalue weighted by Crippen LogP contribution is -2.35. The summed E-state index contributed by atoms with van der Waals surface area (Å²) in [5, 5.41) is -0.469. The van der Waals surface area contributed by atoms with Crippen molar-refractivity contribution in [2.75, 3.05) is 19.0 Å². The van der Waals surface area contributed by atoms with Crippen molar-refractivity contribution in [3.8, 4) is 0 Å². The minimum atomic E-state index is -3.41. The molecule has 0 aromatic carbocycles. The summed E-state index contributed by atoms with van der Waals surface area (Å²) in [6.45, 7) is 6.03. The van der Waals surface area contributed by atoms with E-state index in [1.807, 2.05) is 0 Å². The third-order valence-corrected chi connectivity index (χ3v) is 4.54. The van der Waals surface area contributed by atoms with Crippen molar-refractivity contribution in [3.05, 3.63) is 0 Å². The number of carbonyl (C=O) groups is 1. The predicted molar refractivity (Wildman–Crippen MR) is 63.5 cm³/mol. The molecule has 0 amide bonds. The standard InChI is InChI=1S/C11H20O5S/c1-11(2,3)16-10(12)8-17(13,14)9-4-6-15-7-5-9/h9H,4-8H2,1-3H3. The molecule has 17 heavy (non-hydrogen) atoms. The quantitative estimate of drug-likeness (QED) is 0.709. The fourth-order valence-electron chi connectivity index (χ4n) is 1.69. The molecule has 0 aromatic rings. The van der Waals surface area contributed by atoms with Crippen LogP contribution in [0.5, 0.6) is 0 Å². The van der Waals surface area contributed by atoms with Gasteiger partial charge in [-0.25, -0.2) is 8.42 Å². The van der Waals surface area contributed by atoms with Gasteiger partial charge in [-0.15, -0.1) is 0 Å². The molecule has 0 spiro atoms. The van der Waals surface area contributed by atoms with E-state index in [0.29, 0.717) is 26.1 Å². The zero-order valence-electron chi connectivity index (χ0n) is 10.6. The molecule has 0 bridgehead atoms. The average Bonchev–Trinajstić information content (AvgIpc) is 2.15. The number of rotatable bonds is 3. The molecule has 1 saturated heterocycles. The highest BCUT2D eigenvalue weighted by Crippen LogP contribution is 2.17. The van der Waals surface area contributed by atoms with Crippen molar-refractivity contribution in [2.45, 2.75) is 44.5 Å². The summed E-state index contributed by atoms with van der Waals surface area (Å²) in [5.74, 6) is -1.21. The Balaban J connectivity index is 2.57. The lowest BCUT2D eigenvalue weighted by atomic mass is 10.2. The molecular formula is C11H20O5S. The molecule has 6 heteroatoms. The molecule has 0 radical (unpaired) electrons. The zero-order valence-corrected chi connectivity index (χ0v) is 11.4. The van der Waals surface area contributed by atoms with Crippen LogP contribution in [0, 0.1) is 0 Å². The summed E-state index contributed by atoms with van der Waals surface area (Å²) in [4.78, 5) is 11.5. The molecule has 100 valence electrons. The maximum atomic E-state index is 11.9. The number of esters is 1. The highest BCUT2D eigenvalue weighted by Gasteiger charge is 2.31. The second-order valence-corrected chi connectivity index (χ2v) is 7.49. The van der Waals surface area contributed by atoms with Crippen molar-refractivity contribution in [1.82, 2.24) is 0 Å². The van der Waals surface area contributed by atoms with Crippen LogP contribution in [0.3, 0.4) is 0 Å². The van der Waals surface area contributed by atoms with E-state index in [1.54, 1.807) is 20.8 Å². The van der Waals surface area contributed by atoms with Crippen LogP contribution in [0.25, 0.3) is 0 Å².